The summed E-state index contributed by atoms with van der Waals surface area (Å²) in [6, 6.07) is 15.5. The Morgan fingerprint density at radius 2 is 1.48 bits per heavy atom. The summed E-state index contributed by atoms with van der Waals surface area (Å²) < 4.78 is 30.8. The van der Waals surface area contributed by atoms with Crippen LogP contribution < -0.4 is 0 Å². The second kappa shape index (κ2) is 6.89. The lowest BCUT2D eigenvalue weighted by Gasteiger charge is -2.07. The van der Waals surface area contributed by atoms with Crippen molar-refractivity contribution in [2.45, 2.75) is 25.7 Å². The summed E-state index contributed by atoms with van der Waals surface area (Å²) in [5.41, 5.74) is 3.22. The molecule has 3 rings (SSSR count). The topological polar surface area (TPSA) is 67.3 Å². The molecule has 2 aromatic carbocycles. The molecule has 3 aromatic rings. The van der Waals surface area contributed by atoms with Crippen molar-refractivity contribution in [3.63, 3.8) is 0 Å². The molecule has 0 spiro atoms. The van der Waals surface area contributed by atoms with Crippen LogP contribution in [0.3, 0.4) is 0 Å². The van der Waals surface area contributed by atoms with Crippen LogP contribution in [0.4, 0.5) is 0 Å². The number of hydrogen-bond donors (Lipinski definition) is 1. The molecule has 0 bridgehead atoms. The van der Waals surface area contributed by atoms with Crippen molar-refractivity contribution < 1.29 is 13.0 Å². The second-order valence-corrected chi connectivity index (χ2v) is 6.76. The SMILES string of the molecule is Cc1cc(C)c(S(=O)(=O)O)c(C)c1.c1ccc2ncccc2c1. The quantitative estimate of drug-likeness (QED) is 0.683. The molecule has 0 aliphatic rings. The molecular weight excluding hydrogens is 310 g/mol. The standard InChI is InChI=1S/C9H7N.C9H12O3S/c1-2-6-9-8(4-1)5-3-7-10-9;1-6-4-7(2)9(8(3)5-6)13(10,11)12/h1-7H;4-5H,1-3H3,(H,10,11,12). The first-order valence-corrected chi connectivity index (χ1v) is 8.58. The second-order valence-electron chi connectivity index (χ2n) is 5.40. The van der Waals surface area contributed by atoms with Crippen molar-refractivity contribution in [3.05, 3.63) is 71.4 Å². The van der Waals surface area contributed by atoms with Gasteiger partial charge in [-0.15, -0.1) is 0 Å². The minimum atomic E-state index is -4.08. The Balaban J connectivity index is 0.000000172. The molecule has 0 saturated carbocycles. The lowest BCUT2D eigenvalue weighted by atomic mass is 10.1. The summed E-state index contributed by atoms with van der Waals surface area (Å²) in [5.74, 6) is 0. The molecule has 4 nitrogen and oxygen atoms in total. The maximum Gasteiger partial charge on any atom is 0.295 e. The minimum absolute atomic E-state index is 0.0260. The molecule has 0 radical (unpaired) electrons. The predicted molar refractivity (Wildman–Crippen MR) is 92.2 cm³/mol. The van der Waals surface area contributed by atoms with Crippen LogP contribution in [-0.4, -0.2) is 18.0 Å². The maximum atomic E-state index is 10.9. The highest BCUT2D eigenvalue weighted by Gasteiger charge is 2.15. The highest BCUT2D eigenvalue weighted by atomic mass is 32.2. The van der Waals surface area contributed by atoms with E-state index in [1.54, 1.807) is 26.0 Å². The predicted octanol–water partition coefficient (Wildman–Crippen LogP) is 4.09. The van der Waals surface area contributed by atoms with Gasteiger partial charge in [0.15, 0.2) is 0 Å². The summed E-state index contributed by atoms with van der Waals surface area (Å²) >= 11 is 0. The lowest BCUT2D eigenvalue weighted by Crippen LogP contribution is -2.04. The van der Waals surface area contributed by atoms with Gasteiger partial charge in [-0.3, -0.25) is 9.54 Å². The van der Waals surface area contributed by atoms with Crippen LogP contribution >= 0.6 is 0 Å². The Morgan fingerprint density at radius 3 is 2.04 bits per heavy atom. The molecule has 5 heteroatoms. The average Bonchev–Trinajstić information content (AvgIpc) is 2.45. The Bertz CT molecular complexity index is 845. The van der Waals surface area contributed by atoms with Gasteiger partial charge in [-0.25, -0.2) is 0 Å². The van der Waals surface area contributed by atoms with Gasteiger partial charge in [0, 0.05) is 11.6 Å². The van der Waals surface area contributed by atoms with E-state index in [0.717, 1.165) is 11.1 Å². The van der Waals surface area contributed by atoms with Crippen molar-refractivity contribution >= 4 is 21.0 Å². The van der Waals surface area contributed by atoms with E-state index < -0.39 is 10.1 Å². The lowest BCUT2D eigenvalue weighted by molar-refractivity contribution is 0.482. The molecule has 1 aromatic heterocycles. The van der Waals surface area contributed by atoms with Gasteiger partial charge in [0.2, 0.25) is 0 Å². The van der Waals surface area contributed by atoms with E-state index >= 15 is 0 Å². The van der Waals surface area contributed by atoms with E-state index in [1.165, 1.54) is 5.39 Å². The van der Waals surface area contributed by atoms with Gasteiger partial charge in [0.1, 0.15) is 0 Å². The zero-order chi connectivity index (χ0) is 17.0. The van der Waals surface area contributed by atoms with Crippen molar-refractivity contribution in [1.82, 2.24) is 4.98 Å². The Hall–Kier alpha value is -2.24. The van der Waals surface area contributed by atoms with Gasteiger partial charge in [0.05, 0.1) is 10.4 Å². The largest absolute Gasteiger partial charge is 0.295 e. The first kappa shape index (κ1) is 17.1. The molecule has 0 amide bonds. The molecular formula is C18H19NO3S. The van der Waals surface area contributed by atoms with Gasteiger partial charge in [-0.05, 0) is 44.0 Å². The van der Waals surface area contributed by atoms with Gasteiger partial charge in [-0.1, -0.05) is 42.0 Å². The summed E-state index contributed by atoms with van der Waals surface area (Å²) in [5, 5.41) is 1.20. The molecule has 0 aliphatic heterocycles. The molecule has 0 saturated heterocycles. The number of rotatable bonds is 1. The number of pyridine rings is 1. The number of aryl methyl sites for hydroxylation is 3. The normalized spacial score (nSPS) is 11.0. The first-order chi connectivity index (χ1) is 10.8. The number of fused-ring (bicyclic) bond motifs is 1. The summed E-state index contributed by atoms with van der Waals surface area (Å²) in [7, 11) is -4.08. The number of para-hydroxylation sites is 1. The van der Waals surface area contributed by atoms with Gasteiger partial charge in [0.25, 0.3) is 10.1 Å². The molecule has 0 atom stereocenters. The van der Waals surface area contributed by atoms with Crippen molar-refractivity contribution in [2.75, 3.05) is 0 Å². The molecule has 1 heterocycles. The zero-order valence-corrected chi connectivity index (χ0v) is 14.1. The Kier molecular flexibility index (Phi) is 5.13. The Morgan fingerprint density at radius 1 is 0.913 bits per heavy atom. The van der Waals surface area contributed by atoms with E-state index in [-0.39, 0.29) is 4.90 Å². The van der Waals surface area contributed by atoms with Gasteiger partial charge >= 0.3 is 0 Å². The van der Waals surface area contributed by atoms with Crippen LogP contribution in [0.2, 0.25) is 0 Å². The third-order valence-corrected chi connectivity index (χ3v) is 4.53. The van der Waals surface area contributed by atoms with E-state index in [0.29, 0.717) is 11.1 Å². The number of hydrogen-bond acceptors (Lipinski definition) is 3. The van der Waals surface area contributed by atoms with E-state index in [4.69, 9.17) is 4.55 Å². The van der Waals surface area contributed by atoms with Crippen LogP contribution in [0.25, 0.3) is 10.9 Å². The summed E-state index contributed by atoms with van der Waals surface area (Å²) in [6.07, 6.45) is 1.81. The highest BCUT2D eigenvalue weighted by Crippen LogP contribution is 2.20. The minimum Gasteiger partial charge on any atom is -0.282 e. The molecule has 1 N–H and O–H groups in total. The molecule has 0 unspecified atom stereocenters. The van der Waals surface area contributed by atoms with Crippen LogP contribution in [0.15, 0.2) is 59.6 Å². The highest BCUT2D eigenvalue weighted by molar-refractivity contribution is 7.86. The summed E-state index contributed by atoms with van der Waals surface area (Å²) in [4.78, 5) is 4.21. The van der Waals surface area contributed by atoms with Crippen LogP contribution in [-0.2, 0) is 10.1 Å². The first-order valence-electron chi connectivity index (χ1n) is 7.14. The van der Waals surface area contributed by atoms with Gasteiger partial charge < -0.3 is 0 Å². The average molecular weight is 329 g/mol. The van der Waals surface area contributed by atoms with Crippen molar-refractivity contribution in [3.8, 4) is 0 Å². The summed E-state index contributed by atoms with van der Waals surface area (Å²) in [6.45, 7) is 5.22. The van der Waals surface area contributed by atoms with E-state index in [1.807, 2.05) is 37.4 Å². The number of nitrogens with zero attached hydrogens (tertiary/aromatic N) is 1. The number of aromatic nitrogens is 1. The monoisotopic (exact) mass is 329 g/mol. The fourth-order valence-electron chi connectivity index (χ4n) is 2.59. The van der Waals surface area contributed by atoms with Gasteiger partial charge in [-0.2, -0.15) is 8.42 Å². The molecule has 0 aliphatic carbocycles. The molecule has 120 valence electrons. The fourth-order valence-corrected chi connectivity index (χ4v) is 3.52. The van der Waals surface area contributed by atoms with E-state index in [2.05, 4.69) is 17.1 Å². The Labute approximate surface area is 136 Å². The van der Waals surface area contributed by atoms with Crippen LogP contribution in [0.1, 0.15) is 16.7 Å². The zero-order valence-electron chi connectivity index (χ0n) is 13.3. The van der Waals surface area contributed by atoms with Crippen molar-refractivity contribution in [2.24, 2.45) is 0 Å². The molecule has 23 heavy (non-hydrogen) atoms. The van der Waals surface area contributed by atoms with E-state index in [9.17, 15) is 8.42 Å². The van der Waals surface area contributed by atoms with Crippen molar-refractivity contribution in [1.29, 1.82) is 0 Å². The molecule has 0 fully saturated rings. The third kappa shape index (κ3) is 4.37. The van der Waals surface area contributed by atoms with Crippen LogP contribution in [0, 0.1) is 20.8 Å². The number of benzene rings is 2. The fraction of sp³-hybridized carbons (Fsp3) is 0.167. The smallest absolute Gasteiger partial charge is 0.282 e. The third-order valence-electron chi connectivity index (χ3n) is 3.37. The van der Waals surface area contributed by atoms with Crippen LogP contribution in [0.5, 0.6) is 0 Å². The maximum absolute atomic E-state index is 10.9.